The summed E-state index contributed by atoms with van der Waals surface area (Å²) in [5.74, 6) is -0.371. The van der Waals surface area contributed by atoms with Crippen molar-refractivity contribution in [1.29, 1.82) is 0 Å². The van der Waals surface area contributed by atoms with Crippen molar-refractivity contribution in [1.82, 2.24) is 24.3 Å². The highest BCUT2D eigenvalue weighted by molar-refractivity contribution is 6.32. The van der Waals surface area contributed by atoms with E-state index >= 15 is 0 Å². The van der Waals surface area contributed by atoms with Crippen LogP contribution in [0.25, 0.3) is 22.3 Å². The number of aliphatic hydroxyl groups is 1. The van der Waals surface area contributed by atoms with Crippen LogP contribution < -0.4 is 5.62 Å². The second-order valence-electron chi connectivity index (χ2n) is 8.12. The molecule has 0 unspecified atom stereocenters. The number of aryl methyl sites for hydroxylation is 1. The minimum absolute atomic E-state index is 0.170. The molecular formula is C23H23ClN6O2. The first-order valence-corrected chi connectivity index (χ1v) is 11.0. The lowest BCUT2D eigenvalue weighted by Gasteiger charge is -2.27. The van der Waals surface area contributed by atoms with Gasteiger partial charge in [0.25, 0.3) is 5.91 Å². The molecule has 1 aliphatic carbocycles. The summed E-state index contributed by atoms with van der Waals surface area (Å²) in [6.45, 7) is 0. The van der Waals surface area contributed by atoms with Crippen molar-refractivity contribution in [2.45, 2.75) is 37.8 Å². The van der Waals surface area contributed by atoms with E-state index in [1.54, 1.807) is 36.3 Å². The van der Waals surface area contributed by atoms with Crippen molar-refractivity contribution in [2.24, 2.45) is 12.0 Å². The number of para-hydroxylation sites is 2. The molecular weight excluding hydrogens is 428 g/mol. The molecule has 0 aliphatic heterocycles. The fourth-order valence-electron chi connectivity index (χ4n) is 4.32. The Bertz CT molecular complexity index is 1360. The number of nitrogens with zero attached hydrogens (tertiary/aromatic N) is 5. The van der Waals surface area contributed by atoms with E-state index in [0.29, 0.717) is 27.6 Å². The highest BCUT2D eigenvalue weighted by Crippen LogP contribution is 2.30. The van der Waals surface area contributed by atoms with Crippen molar-refractivity contribution in [3.05, 3.63) is 65.1 Å². The average Bonchev–Trinajstić information content (AvgIpc) is 3.34. The van der Waals surface area contributed by atoms with Crippen LogP contribution in [0.15, 0.2) is 53.8 Å². The highest BCUT2D eigenvalue weighted by Gasteiger charge is 2.23. The zero-order chi connectivity index (χ0) is 22.2. The summed E-state index contributed by atoms with van der Waals surface area (Å²) >= 11 is 6.29. The first-order chi connectivity index (χ1) is 15.5. The maximum Gasteiger partial charge on any atom is 0.280 e. The van der Waals surface area contributed by atoms with E-state index in [4.69, 9.17) is 11.6 Å². The van der Waals surface area contributed by atoms with Gasteiger partial charge in [0.15, 0.2) is 0 Å². The molecule has 8 nitrogen and oxygen atoms in total. The van der Waals surface area contributed by atoms with Crippen molar-refractivity contribution in [3.63, 3.8) is 0 Å². The van der Waals surface area contributed by atoms with Gasteiger partial charge in [-0.25, -0.2) is 0 Å². The second-order valence-corrected chi connectivity index (χ2v) is 8.48. The number of hydrogen-bond acceptors (Lipinski definition) is 4. The largest absolute Gasteiger partial charge is 0.393 e. The molecule has 0 radical (unpaired) electrons. The van der Waals surface area contributed by atoms with Gasteiger partial charge < -0.3 is 14.7 Å². The standard InChI is InChI=1S/C23H23ClN6O2/c1-29-21(24)17(13-26-29)19-12-14(10-11-25-19)22(32)28-23-27-18-4-2-3-5-20(18)30(23)15-6-8-16(31)9-7-15/h2-5,10-13,15-16,31H,6-9H2,1H3,(H,27,28,32)/t15-,16+. The maximum absolute atomic E-state index is 13.1. The molecule has 0 bridgehead atoms. The van der Waals surface area contributed by atoms with Crippen molar-refractivity contribution in [3.8, 4) is 11.3 Å². The number of carbonyl (C=O) groups is 1. The molecule has 32 heavy (non-hydrogen) atoms. The van der Waals surface area contributed by atoms with Gasteiger partial charge in [-0.2, -0.15) is 10.1 Å². The average molecular weight is 451 g/mol. The van der Waals surface area contributed by atoms with Gasteiger partial charge in [0.2, 0.25) is 5.62 Å². The Balaban J connectivity index is 1.56. The van der Waals surface area contributed by atoms with E-state index in [1.807, 2.05) is 24.3 Å². The SMILES string of the molecule is Cn1ncc(-c2cc(C(=O)/N=c3\[nH]c4ccccc4n3[C@H]3CC[C@@H](O)CC3)ccn2)c1Cl. The van der Waals surface area contributed by atoms with Crippen LogP contribution in [0.2, 0.25) is 5.15 Å². The maximum atomic E-state index is 13.1. The Morgan fingerprint density at radius 2 is 2.00 bits per heavy atom. The van der Waals surface area contributed by atoms with Crippen LogP contribution in [0.5, 0.6) is 0 Å². The molecule has 1 amide bonds. The van der Waals surface area contributed by atoms with E-state index in [1.165, 1.54) is 0 Å². The first-order valence-electron chi connectivity index (χ1n) is 10.6. The number of benzene rings is 1. The van der Waals surface area contributed by atoms with E-state index < -0.39 is 0 Å². The predicted molar refractivity (Wildman–Crippen MR) is 121 cm³/mol. The third kappa shape index (κ3) is 3.76. The number of H-pyrrole nitrogens is 1. The van der Waals surface area contributed by atoms with Gasteiger partial charge in [-0.15, -0.1) is 0 Å². The fourth-order valence-corrected chi connectivity index (χ4v) is 4.51. The van der Waals surface area contributed by atoms with Crippen molar-refractivity contribution >= 4 is 28.5 Å². The smallest absolute Gasteiger partial charge is 0.280 e. The van der Waals surface area contributed by atoms with Gasteiger partial charge in [0, 0.05) is 24.8 Å². The van der Waals surface area contributed by atoms with Gasteiger partial charge >= 0.3 is 0 Å². The Morgan fingerprint density at radius 1 is 1.22 bits per heavy atom. The van der Waals surface area contributed by atoms with E-state index in [9.17, 15) is 9.90 Å². The van der Waals surface area contributed by atoms with E-state index in [0.717, 1.165) is 36.7 Å². The molecule has 9 heteroatoms. The van der Waals surface area contributed by atoms with Crippen LogP contribution in [0.1, 0.15) is 42.1 Å². The summed E-state index contributed by atoms with van der Waals surface area (Å²) in [7, 11) is 1.75. The first kappa shape index (κ1) is 20.7. The third-order valence-corrected chi connectivity index (χ3v) is 6.47. The molecule has 0 saturated heterocycles. The number of halogens is 1. The summed E-state index contributed by atoms with van der Waals surface area (Å²) in [5.41, 5.74) is 4.07. The number of nitrogens with one attached hydrogen (secondary N) is 1. The summed E-state index contributed by atoms with van der Waals surface area (Å²) in [6.07, 6.45) is 6.09. The summed E-state index contributed by atoms with van der Waals surface area (Å²) in [5, 5.41) is 14.5. The molecule has 2 N–H and O–H groups in total. The molecule has 4 aromatic rings. The number of aliphatic hydroxyl groups excluding tert-OH is 1. The molecule has 1 aromatic carbocycles. The minimum atomic E-state index is -0.371. The van der Waals surface area contributed by atoms with Gasteiger partial charge in [-0.05, 0) is 49.9 Å². The number of carbonyl (C=O) groups excluding carboxylic acids is 1. The zero-order valence-electron chi connectivity index (χ0n) is 17.6. The number of imidazole rings is 1. The number of aromatic amines is 1. The number of aromatic nitrogens is 5. The number of hydrogen-bond donors (Lipinski definition) is 2. The number of amides is 1. The minimum Gasteiger partial charge on any atom is -0.393 e. The number of fused-ring (bicyclic) bond motifs is 1. The number of rotatable bonds is 3. The fraction of sp³-hybridized carbons (Fsp3) is 0.304. The Hall–Kier alpha value is -3.23. The van der Waals surface area contributed by atoms with E-state index in [-0.39, 0.29) is 18.1 Å². The molecule has 1 aliphatic rings. The molecule has 1 fully saturated rings. The van der Waals surface area contributed by atoms with Gasteiger partial charge in [-0.3, -0.25) is 14.5 Å². The van der Waals surface area contributed by atoms with Gasteiger partial charge in [-0.1, -0.05) is 23.7 Å². The lowest BCUT2D eigenvalue weighted by molar-refractivity contribution is 0.0990. The van der Waals surface area contributed by atoms with Crippen LogP contribution in [0, 0.1) is 0 Å². The summed E-state index contributed by atoms with van der Waals surface area (Å²) < 4.78 is 3.64. The summed E-state index contributed by atoms with van der Waals surface area (Å²) in [6, 6.07) is 11.4. The lowest BCUT2D eigenvalue weighted by atomic mass is 9.93. The normalized spacial score (nSPS) is 19.5. The summed E-state index contributed by atoms with van der Waals surface area (Å²) in [4.78, 5) is 25.2. The van der Waals surface area contributed by atoms with Gasteiger partial charge in [0.05, 0.1) is 34.6 Å². The van der Waals surface area contributed by atoms with Crippen molar-refractivity contribution < 1.29 is 9.90 Å². The van der Waals surface area contributed by atoms with Crippen LogP contribution in [0.3, 0.4) is 0 Å². The molecule has 164 valence electrons. The van der Waals surface area contributed by atoms with Crippen LogP contribution in [-0.4, -0.2) is 41.4 Å². The van der Waals surface area contributed by atoms with Crippen LogP contribution >= 0.6 is 11.6 Å². The van der Waals surface area contributed by atoms with E-state index in [2.05, 4.69) is 24.6 Å². The molecule has 0 spiro atoms. The Kier molecular flexibility index (Phi) is 5.40. The number of pyridine rings is 1. The highest BCUT2D eigenvalue weighted by atomic mass is 35.5. The molecule has 1 saturated carbocycles. The lowest BCUT2D eigenvalue weighted by Crippen LogP contribution is -2.29. The van der Waals surface area contributed by atoms with Crippen LogP contribution in [0.4, 0.5) is 0 Å². The third-order valence-electron chi connectivity index (χ3n) is 6.03. The topological polar surface area (TPSA) is 101 Å². The predicted octanol–water partition coefficient (Wildman–Crippen LogP) is 3.64. The quantitative estimate of drug-likeness (QED) is 0.497. The molecule has 3 aromatic heterocycles. The zero-order valence-corrected chi connectivity index (χ0v) is 18.3. The second kappa shape index (κ2) is 8.37. The van der Waals surface area contributed by atoms with Crippen molar-refractivity contribution in [2.75, 3.05) is 0 Å². The van der Waals surface area contributed by atoms with Gasteiger partial charge in [0.1, 0.15) is 5.15 Å². The Labute approximate surface area is 189 Å². The molecule has 0 atom stereocenters. The molecule has 3 heterocycles. The monoisotopic (exact) mass is 450 g/mol. The van der Waals surface area contributed by atoms with Crippen LogP contribution in [-0.2, 0) is 7.05 Å². The molecule has 5 rings (SSSR count). The Morgan fingerprint density at radius 3 is 2.75 bits per heavy atom.